The highest BCUT2D eigenvalue weighted by atomic mass is 15.0. The fraction of sp³-hybridized carbons (Fsp3) is 0.292. The minimum atomic E-state index is 0.0264. The molecule has 3 aliphatic carbocycles. The van der Waals surface area contributed by atoms with Crippen LogP contribution in [0, 0.1) is 11.3 Å². The lowest BCUT2D eigenvalue weighted by molar-refractivity contribution is 0.125. The Morgan fingerprint density at radius 1 is 0.520 bits per heavy atom. The third-order valence-electron chi connectivity index (χ3n) is 14.5. The molecule has 0 spiro atoms. The molecule has 0 fully saturated rings. The molecule has 50 heavy (non-hydrogen) atoms. The molecule has 0 aliphatic heterocycles. The van der Waals surface area contributed by atoms with Crippen molar-refractivity contribution in [3.05, 3.63) is 143 Å². The van der Waals surface area contributed by atoms with E-state index in [2.05, 4.69) is 180 Å². The molecule has 0 saturated heterocycles. The van der Waals surface area contributed by atoms with Gasteiger partial charge in [0.2, 0.25) is 0 Å². The van der Waals surface area contributed by atoms with Crippen LogP contribution < -0.4 is 0 Å². The average Bonchev–Trinajstić information content (AvgIpc) is 3.72. The van der Waals surface area contributed by atoms with E-state index in [0.717, 1.165) is 6.42 Å². The number of para-hydroxylation sites is 2. The summed E-state index contributed by atoms with van der Waals surface area (Å²) < 4.78 is 5.07. The van der Waals surface area contributed by atoms with E-state index < -0.39 is 0 Å². The molecule has 5 aromatic carbocycles. The third kappa shape index (κ3) is 3.50. The first-order chi connectivity index (χ1) is 23.8. The molecular formula is C48H46N2. The Kier molecular flexibility index (Phi) is 5.70. The molecule has 0 radical (unpaired) electrons. The van der Waals surface area contributed by atoms with Gasteiger partial charge in [-0.2, -0.15) is 0 Å². The van der Waals surface area contributed by atoms with E-state index in [1.807, 2.05) is 0 Å². The molecule has 7 aromatic rings. The van der Waals surface area contributed by atoms with Crippen molar-refractivity contribution >= 4 is 44.4 Å². The van der Waals surface area contributed by atoms with Crippen molar-refractivity contribution < 1.29 is 0 Å². The van der Waals surface area contributed by atoms with E-state index in [0.29, 0.717) is 5.92 Å². The van der Waals surface area contributed by atoms with Gasteiger partial charge in [0.05, 0.1) is 16.6 Å². The van der Waals surface area contributed by atoms with Crippen molar-refractivity contribution in [2.24, 2.45) is 11.3 Å². The lowest BCUT2D eigenvalue weighted by Crippen LogP contribution is -2.42. The quantitative estimate of drug-likeness (QED) is 0.176. The maximum Gasteiger partial charge on any atom is 0.0542 e. The normalized spacial score (nSPS) is 20.5. The average molecular weight is 651 g/mol. The molecule has 10 rings (SSSR count). The monoisotopic (exact) mass is 650 g/mol. The fourth-order valence-corrected chi connectivity index (χ4v) is 10.5. The summed E-state index contributed by atoms with van der Waals surface area (Å²) in [6, 6.07) is 41.2. The van der Waals surface area contributed by atoms with Gasteiger partial charge >= 0.3 is 0 Å². The zero-order chi connectivity index (χ0) is 34.5. The molecule has 2 aromatic heterocycles. The van der Waals surface area contributed by atoms with Crippen LogP contribution in [0.1, 0.15) is 88.9 Å². The van der Waals surface area contributed by atoms with Gasteiger partial charge in [0.15, 0.2) is 0 Å². The molecule has 2 heterocycles. The van der Waals surface area contributed by atoms with E-state index in [1.54, 1.807) is 0 Å². The highest BCUT2D eigenvalue weighted by molar-refractivity contribution is 6.10. The summed E-state index contributed by atoms with van der Waals surface area (Å²) in [6.07, 6.45) is 3.60. The Balaban J connectivity index is 1.29. The van der Waals surface area contributed by atoms with Crippen LogP contribution in [0.2, 0.25) is 0 Å². The van der Waals surface area contributed by atoms with Gasteiger partial charge in [-0.3, -0.25) is 0 Å². The van der Waals surface area contributed by atoms with E-state index >= 15 is 0 Å². The Morgan fingerprint density at radius 2 is 1.18 bits per heavy atom. The van der Waals surface area contributed by atoms with Crippen LogP contribution in [0.4, 0.5) is 0 Å². The Bertz CT molecular complexity index is 2610. The van der Waals surface area contributed by atoms with Crippen molar-refractivity contribution in [2.75, 3.05) is 0 Å². The molecule has 0 amide bonds. The van der Waals surface area contributed by atoms with Gasteiger partial charge in [0, 0.05) is 38.8 Å². The van der Waals surface area contributed by atoms with Crippen molar-refractivity contribution in [2.45, 2.75) is 78.1 Å². The Hall–Kier alpha value is -4.82. The topological polar surface area (TPSA) is 9.86 Å². The first-order valence-corrected chi connectivity index (χ1v) is 18.5. The summed E-state index contributed by atoms with van der Waals surface area (Å²) in [5.74, 6) is 0.429. The summed E-state index contributed by atoms with van der Waals surface area (Å²) in [7, 11) is 0. The van der Waals surface area contributed by atoms with Crippen LogP contribution in [0.15, 0.2) is 109 Å². The summed E-state index contributed by atoms with van der Waals surface area (Å²) in [5, 5.41) is 3.97. The molecule has 3 aliphatic rings. The number of nitrogens with zero attached hydrogens (tertiary/aromatic N) is 2. The van der Waals surface area contributed by atoms with Gasteiger partial charge in [-0.15, -0.1) is 0 Å². The molecule has 0 N–H and O–H groups in total. The first kappa shape index (κ1) is 30.0. The summed E-state index contributed by atoms with van der Waals surface area (Å²) in [4.78, 5) is 0. The van der Waals surface area contributed by atoms with Crippen LogP contribution in [0.25, 0.3) is 55.7 Å². The molecule has 0 bridgehead atoms. The van der Waals surface area contributed by atoms with Gasteiger partial charge in [-0.25, -0.2) is 0 Å². The second kappa shape index (κ2) is 9.49. The van der Waals surface area contributed by atoms with Crippen LogP contribution in [-0.2, 0) is 22.7 Å². The molecule has 0 saturated carbocycles. The lowest BCUT2D eigenvalue weighted by atomic mass is 9.59. The van der Waals surface area contributed by atoms with Gasteiger partial charge in [0.25, 0.3) is 0 Å². The largest absolute Gasteiger partial charge is 0.313 e. The fourth-order valence-electron chi connectivity index (χ4n) is 10.5. The van der Waals surface area contributed by atoms with Crippen LogP contribution >= 0.6 is 0 Å². The number of allylic oxidation sites excluding steroid dienone is 1. The number of benzene rings is 5. The highest BCUT2D eigenvalue weighted by Crippen LogP contribution is 2.63. The standard InChI is InChI=1S/C48H46N2/c1-45(2)37-20-14-12-18-31(37)33-25-35-36-26-39-40(47(5,6)48(7,8)46(39,3)4)28-44(36)50(43(35)27-38(33)45)30-22-23-42-34(24-30)32-19-13-15-21-41(32)49(42)29-16-10-9-11-17-29/h9-26,28,38H,27H2,1-8H3. The molecule has 2 nitrogen and oxygen atoms in total. The molecule has 1 atom stereocenters. The van der Waals surface area contributed by atoms with E-state index in [9.17, 15) is 0 Å². The first-order valence-electron chi connectivity index (χ1n) is 18.5. The molecule has 1 unspecified atom stereocenters. The summed E-state index contributed by atoms with van der Waals surface area (Å²) in [5.41, 5.74) is 16.8. The lowest BCUT2D eigenvalue weighted by Gasteiger charge is -2.44. The smallest absolute Gasteiger partial charge is 0.0542 e. The predicted molar refractivity (Wildman–Crippen MR) is 212 cm³/mol. The van der Waals surface area contributed by atoms with Gasteiger partial charge < -0.3 is 9.13 Å². The van der Waals surface area contributed by atoms with Crippen LogP contribution in [0.5, 0.6) is 0 Å². The maximum absolute atomic E-state index is 2.65. The SMILES string of the molecule is CC1(C)c2ccccc2C2=Cc3c(n(-c4ccc5c(c4)c4ccccc4n5-c4ccccc4)c4cc5c(cc34)C(C)(C)C(C)(C)C5(C)C)CC21. The summed E-state index contributed by atoms with van der Waals surface area (Å²) in [6.45, 7) is 19.7. The van der Waals surface area contributed by atoms with Crippen LogP contribution in [0.3, 0.4) is 0 Å². The molecule has 2 heteroatoms. The van der Waals surface area contributed by atoms with Crippen molar-refractivity contribution in [1.82, 2.24) is 9.13 Å². The Morgan fingerprint density at radius 3 is 1.96 bits per heavy atom. The number of rotatable bonds is 2. The summed E-state index contributed by atoms with van der Waals surface area (Å²) >= 11 is 0. The zero-order valence-corrected chi connectivity index (χ0v) is 30.6. The van der Waals surface area contributed by atoms with Crippen LogP contribution in [-0.4, -0.2) is 9.13 Å². The van der Waals surface area contributed by atoms with E-state index in [4.69, 9.17) is 0 Å². The Labute approximate surface area is 296 Å². The highest BCUT2D eigenvalue weighted by Gasteiger charge is 2.57. The minimum absolute atomic E-state index is 0.0264. The maximum atomic E-state index is 2.65. The third-order valence-corrected chi connectivity index (χ3v) is 14.5. The number of aromatic nitrogens is 2. The van der Waals surface area contributed by atoms with E-state index in [1.165, 1.54) is 83.2 Å². The number of hydrogen-bond acceptors (Lipinski definition) is 0. The second-order valence-electron chi connectivity index (χ2n) is 17.5. The zero-order valence-electron chi connectivity index (χ0n) is 30.6. The van der Waals surface area contributed by atoms with E-state index in [-0.39, 0.29) is 21.7 Å². The predicted octanol–water partition coefficient (Wildman–Crippen LogP) is 12.3. The van der Waals surface area contributed by atoms with Crippen molar-refractivity contribution in [3.8, 4) is 11.4 Å². The van der Waals surface area contributed by atoms with Crippen molar-refractivity contribution in [3.63, 3.8) is 0 Å². The van der Waals surface area contributed by atoms with Gasteiger partial charge in [-0.05, 0) is 116 Å². The van der Waals surface area contributed by atoms with Gasteiger partial charge in [-0.1, -0.05) is 116 Å². The minimum Gasteiger partial charge on any atom is -0.313 e. The number of hydrogen-bond donors (Lipinski definition) is 0. The van der Waals surface area contributed by atoms with Crippen molar-refractivity contribution in [1.29, 1.82) is 0 Å². The molecule has 248 valence electrons. The van der Waals surface area contributed by atoms with Gasteiger partial charge in [0.1, 0.15) is 0 Å². The second-order valence-corrected chi connectivity index (χ2v) is 17.5. The molecular weight excluding hydrogens is 605 g/mol. The number of fused-ring (bicyclic) bond motifs is 10.